The first-order valence-corrected chi connectivity index (χ1v) is 9.50. The molecule has 4 rings (SSSR count). The van der Waals surface area contributed by atoms with E-state index in [2.05, 4.69) is 5.32 Å². The van der Waals surface area contributed by atoms with Gasteiger partial charge in [-0.1, -0.05) is 12.2 Å². The number of nitrogens with one attached hydrogen (secondary N) is 1. The molecular formula is C21H20N2O6. The number of Topliss-reactive ketones (excluding diaryl/α,β-unsaturated/α-hetero) is 1. The van der Waals surface area contributed by atoms with Crippen LogP contribution in [0.3, 0.4) is 0 Å². The van der Waals surface area contributed by atoms with Crippen LogP contribution < -0.4 is 5.32 Å². The molecule has 8 heteroatoms. The van der Waals surface area contributed by atoms with Crippen LogP contribution in [0.4, 0.5) is 5.69 Å². The number of esters is 1. The molecule has 3 atom stereocenters. The summed E-state index contributed by atoms with van der Waals surface area (Å²) in [5.41, 5.74) is 1.71. The zero-order valence-corrected chi connectivity index (χ0v) is 15.8. The van der Waals surface area contributed by atoms with Crippen molar-refractivity contribution in [2.75, 3.05) is 18.5 Å². The number of ether oxygens (including phenoxy) is 1. The fraction of sp³-hybridized carbons (Fsp3) is 0.381. The fourth-order valence-electron chi connectivity index (χ4n) is 4.02. The lowest BCUT2D eigenvalue weighted by Gasteiger charge is -2.14. The average Bonchev–Trinajstić information content (AvgIpc) is 3.14. The highest BCUT2D eigenvalue weighted by Gasteiger charge is 2.47. The summed E-state index contributed by atoms with van der Waals surface area (Å²) in [5.74, 6) is -3.27. The van der Waals surface area contributed by atoms with E-state index in [0.29, 0.717) is 24.1 Å². The summed E-state index contributed by atoms with van der Waals surface area (Å²) >= 11 is 0. The second kappa shape index (κ2) is 7.27. The molecule has 2 aliphatic heterocycles. The molecule has 1 N–H and O–H groups in total. The molecule has 0 bridgehead atoms. The monoisotopic (exact) mass is 396 g/mol. The summed E-state index contributed by atoms with van der Waals surface area (Å²) in [6, 6.07) is 4.81. The van der Waals surface area contributed by atoms with Crippen molar-refractivity contribution < 1.29 is 28.7 Å². The third-order valence-corrected chi connectivity index (χ3v) is 5.74. The van der Waals surface area contributed by atoms with Gasteiger partial charge in [0.15, 0.2) is 12.4 Å². The van der Waals surface area contributed by atoms with E-state index >= 15 is 0 Å². The highest BCUT2D eigenvalue weighted by Crippen LogP contribution is 2.35. The Balaban J connectivity index is 1.35. The van der Waals surface area contributed by atoms with E-state index in [0.717, 1.165) is 10.5 Å². The summed E-state index contributed by atoms with van der Waals surface area (Å²) in [6.45, 7) is 0.752. The topological polar surface area (TPSA) is 110 Å². The van der Waals surface area contributed by atoms with Crippen LogP contribution in [0.1, 0.15) is 41.6 Å². The highest BCUT2D eigenvalue weighted by atomic mass is 16.5. The summed E-state index contributed by atoms with van der Waals surface area (Å²) in [6.07, 6.45) is 4.72. The van der Waals surface area contributed by atoms with Crippen LogP contribution >= 0.6 is 0 Å². The van der Waals surface area contributed by atoms with Gasteiger partial charge in [0.25, 0.3) is 0 Å². The van der Waals surface area contributed by atoms with E-state index in [9.17, 15) is 24.0 Å². The molecule has 1 saturated heterocycles. The van der Waals surface area contributed by atoms with Crippen molar-refractivity contribution in [1.82, 2.24) is 4.90 Å². The third-order valence-electron chi connectivity index (χ3n) is 5.74. The van der Waals surface area contributed by atoms with Crippen LogP contribution in [0.2, 0.25) is 0 Å². The Morgan fingerprint density at radius 2 is 1.76 bits per heavy atom. The predicted octanol–water partition coefficient (Wildman–Crippen LogP) is 1.42. The minimum absolute atomic E-state index is 0.133. The lowest BCUT2D eigenvalue weighted by atomic mass is 9.85. The first-order chi connectivity index (χ1) is 13.9. The van der Waals surface area contributed by atoms with Crippen molar-refractivity contribution in [3.8, 4) is 0 Å². The minimum atomic E-state index is -0.807. The molecule has 3 aliphatic rings. The minimum Gasteiger partial charge on any atom is -0.456 e. The van der Waals surface area contributed by atoms with Crippen LogP contribution in [0.25, 0.3) is 0 Å². The fourth-order valence-corrected chi connectivity index (χ4v) is 4.02. The maximum absolute atomic E-state index is 12.4. The van der Waals surface area contributed by atoms with Crippen molar-refractivity contribution in [2.45, 2.75) is 25.7 Å². The zero-order valence-electron chi connectivity index (χ0n) is 15.8. The summed E-state index contributed by atoms with van der Waals surface area (Å²) in [7, 11) is 0. The lowest BCUT2D eigenvalue weighted by Crippen LogP contribution is -2.37. The molecular weight excluding hydrogens is 376 g/mol. The van der Waals surface area contributed by atoms with Gasteiger partial charge in [-0.05, 0) is 43.5 Å². The van der Waals surface area contributed by atoms with E-state index in [1.54, 1.807) is 25.1 Å². The summed E-state index contributed by atoms with van der Waals surface area (Å²) < 4.78 is 5.00. The van der Waals surface area contributed by atoms with Gasteiger partial charge in [-0.3, -0.25) is 28.9 Å². The molecule has 0 radical (unpaired) electrons. The van der Waals surface area contributed by atoms with Crippen LogP contribution in [-0.4, -0.2) is 47.5 Å². The predicted molar refractivity (Wildman–Crippen MR) is 101 cm³/mol. The highest BCUT2D eigenvalue weighted by molar-refractivity contribution is 6.08. The lowest BCUT2D eigenvalue weighted by molar-refractivity contribution is -0.152. The number of hydrogen-bond donors (Lipinski definition) is 1. The van der Waals surface area contributed by atoms with Crippen molar-refractivity contribution in [3.05, 3.63) is 41.5 Å². The summed E-state index contributed by atoms with van der Waals surface area (Å²) in [4.78, 5) is 61.9. The number of nitrogens with zero attached hydrogens (tertiary/aromatic N) is 1. The van der Waals surface area contributed by atoms with Gasteiger partial charge in [0.1, 0.15) is 6.54 Å². The maximum Gasteiger partial charge on any atom is 0.326 e. The molecule has 1 aliphatic carbocycles. The molecule has 2 heterocycles. The van der Waals surface area contributed by atoms with Crippen molar-refractivity contribution in [3.63, 3.8) is 0 Å². The third kappa shape index (κ3) is 3.35. The van der Waals surface area contributed by atoms with Crippen molar-refractivity contribution in [2.24, 2.45) is 11.8 Å². The maximum atomic E-state index is 12.4. The smallest absolute Gasteiger partial charge is 0.326 e. The normalized spacial score (nSPS) is 24.9. The molecule has 0 aromatic heterocycles. The molecule has 1 fully saturated rings. The van der Waals surface area contributed by atoms with Crippen LogP contribution in [-0.2, 0) is 23.9 Å². The van der Waals surface area contributed by atoms with E-state index in [1.165, 1.54) is 0 Å². The van der Waals surface area contributed by atoms with Crippen LogP contribution in [0.15, 0.2) is 30.4 Å². The van der Waals surface area contributed by atoms with E-state index in [4.69, 9.17) is 4.74 Å². The van der Waals surface area contributed by atoms with Crippen LogP contribution in [0, 0.1) is 11.8 Å². The van der Waals surface area contributed by atoms with Gasteiger partial charge in [0.05, 0.1) is 17.8 Å². The Labute approximate surface area is 166 Å². The number of allylic oxidation sites excluding steroid dienone is 2. The number of fused-ring (bicyclic) bond motifs is 2. The molecule has 0 unspecified atom stereocenters. The number of benzene rings is 1. The second-order valence-corrected chi connectivity index (χ2v) is 7.52. The zero-order chi connectivity index (χ0) is 20.7. The number of anilines is 1. The quantitative estimate of drug-likeness (QED) is 0.349. The molecule has 0 spiro atoms. The van der Waals surface area contributed by atoms with Gasteiger partial charge in [-0.15, -0.1) is 0 Å². The Morgan fingerprint density at radius 1 is 1.10 bits per heavy atom. The number of rotatable bonds is 5. The van der Waals surface area contributed by atoms with E-state index < -0.39 is 36.7 Å². The number of ketones is 1. The van der Waals surface area contributed by atoms with Crippen molar-refractivity contribution in [1.29, 1.82) is 0 Å². The molecule has 1 aromatic carbocycles. The first kappa shape index (κ1) is 19.0. The van der Waals surface area contributed by atoms with Gasteiger partial charge in [0.2, 0.25) is 17.7 Å². The number of amides is 3. The summed E-state index contributed by atoms with van der Waals surface area (Å²) in [5, 5.41) is 2.72. The number of imide groups is 1. The largest absolute Gasteiger partial charge is 0.456 e. The first-order valence-electron chi connectivity index (χ1n) is 9.50. The number of hydrogen-bond acceptors (Lipinski definition) is 6. The Morgan fingerprint density at radius 3 is 2.41 bits per heavy atom. The van der Waals surface area contributed by atoms with E-state index in [1.807, 2.05) is 12.2 Å². The van der Waals surface area contributed by atoms with Gasteiger partial charge >= 0.3 is 5.97 Å². The van der Waals surface area contributed by atoms with Crippen LogP contribution in [0.5, 0.6) is 0 Å². The van der Waals surface area contributed by atoms with Crippen molar-refractivity contribution >= 4 is 35.2 Å². The van der Waals surface area contributed by atoms with Gasteiger partial charge in [-0.2, -0.15) is 0 Å². The number of likely N-dealkylation sites (tertiary alicyclic amines) is 1. The second-order valence-electron chi connectivity index (χ2n) is 7.52. The molecule has 29 heavy (non-hydrogen) atoms. The van der Waals surface area contributed by atoms with Gasteiger partial charge in [0, 0.05) is 11.3 Å². The molecule has 3 amide bonds. The molecule has 8 nitrogen and oxygen atoms in total. The standard InChI is InChI=1S/C21H20N2O6/c1-11-15-8-12(6-7-16(15)22-19(11)26)17(24)10-29-18(25)9-23-20(27)13-4-2-3-5-14(13)21(23)28/h2-3,6-8,11,13-14H,4-5,9-10H2,1H3,(H,22,26)/t11-,13-,14+/m1/s1. The van der Waals surface area contributed by atoms with Gasteiger partial charge in [-0.25, -0.2) is 0 Å². The van der Waals surface area contributed by atoms with Gasteiger partial charge < -0.3 is 10.1 Å². The number of carbonyl (C=O) groups excluding carboxylic acids is 5. The number of carbonyl (C=O) groups is 5. The average molecular weight is 396 g/mol. The van der Waals surface area contributed by atoms with E-state index in [-0.39, 0.29) is 23.6 Å². The SMILES string of the molecule is C[C@H]1C(=O)Nc2ccc(C(=O)COC(=O)CN3C(=O)[C@H]4CC=CC[C@H]4C3=O)cc21. The molecule has 1 aromatic rings. The Hall–Kier alpha value is -3.29. The Bertz CT molecular complexity index is 940. The molecule has 0 saturated carbocycles. The molecule has 150 valence electrons. The Kier molecular flexibility index (Phi) is 4.77.